The molecule has 0 aliphatic carbocycles. The van der Waals surface area contributed by atoms with Crippen molar-refractivity contribution in [3.63, 3.8) is 0 Å². The molecule has 29 heavy (non-hydrogen) atoms. The zero-order valence-corrected chi connectivity index (χ0v) is 17.5. The molecule has 6 heteroatoms. The maximum absolute atomic E-state index is 12.8. The zero-order chi connectivity index (χ0) is 21.0. The van der Waals surface area contributed by atoms with Crippen LogP contribution in [0.25, 0.3) is 11.4 Å². The lowest BCUT2D eigenvalue weighted by atomic mass is 10.0. The first kappa shape index (κ1) is 20.8. The summed E-state index contributed by atoms with van der Waals surface area (Å²) in [5.41, 5.74) is 2.90. The van der Waals surface area contributed by atoms with Crippen molar-refractivity contribution in [3.8, 4) is 11.4 Å². The van der Waals surface area contributed by atoms with Gasteiger partial charge in [-0.3, -0.25) is 14.2 Å². The van der Waals surface area contributed by atoms with E-state index in [1.165, 1.54) is 10.6 Å². The van der Waals surface area contributed by atoms with Gasteiger partial charge in [-0.05, 0) is 36.1 Å². The molecule has 2 aromatic carbocycles. The predicted molar refractivity (Wildman–Crippen MR) is 117 cm³/mol. The molecule has 3 aromatic rings. The number of hydrogen-bond acceptors (Lipinski definition) is 3. The molecule has 0 radical (unpaired) electrons. The van der Waals surface area contributed by atoms with Crippen molar-refractivity contribution in [3.05, 3.63) is 81.2 Å². The Morgan fingerprint density at radius 3 is 2.59 bits per heavy atom. The molecule has 0 atom stereocenters. The largest absolute Gasteiger partial charge is 0.324 e. The third kappa shape index (κ3) is 4.93. The van der Waals surface area contributed by atoms with E-state index < -0.39 is 0 Å². The Bertz CT molecular complexity index is 1090. The van der Waals surface area contributed by atoms with Gasteiger partial charge >= 0.3 is 0 Å². The van der Waals surface area contributed by atoms with Crippen molar-refractivity contribution >= 4 is 23.2 Å². The molecule has 1 amide bonds. The Labute approximate surface area is 175 Å². The molecule has 0 saturated heterocycles. The van der Waals surface area contributed by atoms with Crippen molar-refractivity contribution in [2.24, 2.45) is 0 Å². The van der Waals surface area contributed by atoms with Crippen molar-refractivity contribution in [2.45, 2.75) is 39.7 Å². The number of anilines is 1. The first-order chi connectivity index (χ1) is 13.9. The van der Waals surface area contributed by atoms with Crippen LogP contribution in [0.5, 0.6) is 0 Å². The Kier molecular flexibility index (Phi) is 6.49. The summed E-state index contributed by atoms with van der Waals surface area (Å²) < 4.78 is 1.39. The predicted octanol–water partition coefficient (Wildman–Crippen LogP) is 4.89. The summed E-state index contributed by atoms with van der Waals surface area (Å²) in [6.07, 6.45) is 0.623. The second kappa shape index (κ2) is 9.05. The van der Waals surface area contributed by atoms with Gasteiger partial charge in [-0.1, -0.05) is 62.7 Å². The number of nitrogens with zero attached hydrogens (tertiary/aromatic N) is 2. The molecule has 0 bridgehead atoms. The van der Waals surface area contributed by atoms with E-state index in [9.17, 15) is 9.59 Å². The minimum absolute atomic E-state index is 0.135. The fourth-order valence-electron chi connectivity index (χ4n) is 3.18. The number of amides is 1. The first-order valence-corrected chi connectivity index (χ1v) is 10.0. The Hall–Kier alpha value is -2.92. The number of halogens is 1. The van der Waals surface area contributed by atoms with E-state index in [0.717, 1.165) is 11.3 Å². The Morgan fingerprint density at radius 1 is 1.14 bits per heavy atom. The highest BCUT2D eigenvalue weighted by atomic mass is 35.5. The number of aromatic nitrogens is 2. The monoisotopic (exact) mass is 409 g/mol. The second-order valence-electron chi connectivity index (χ2n) is 7.15. The summed E-state index contributed by atoms with van der Waals surface area (Å²) in [5, 5.41) is 3.48. The molecular weight excluding hydrogens is 386 g/mol. The van der Waals surface area contributed by atoms with E-state index in [4.69, 9.17) is 11.6 Å². The first-order valence-electron chi connectivity index (χ1n) is 9.64. The molecule has 1 heterocycles. The van der Waals surface area contributed by atoms with Crippen LogP contribution in [0.1, 0.15) is 37.9 Å². The molecule has 0 saturated carbocycles. The van der Waals surface area contributed by atoms with Crippen LogP contribution in [0.15, 0.2) is 59.4 Å². The van der Waals surface area contributed by atoms with Crippen molar-refractivity contribution in [1.82, 2.24) is 9.55 Å². The van der Waals surface area contributed by atoms with Gasteiger partial charge in [0.05, 0.1) is 0 Å². The van der Waals surface area contributed by atoms with Crippen LogP contribution < -0.4 is 10.9 Å². The van der Waals surface area contributed by atoms with Crippen LogP contribution >= 0.6 is 11.6 Å². The molecule has 0 spiro atoms. The standard InChI is InChI=1S/C23H24ClN3O2/c1-4-18-13-22(29)27(23(25-18)16-8-7-9-17(24)12-16)14-21(28)26-20-11-6-5-10-19(20)15(2)3/h5-13,15H,4,14H2,1-3H3,(H,26,28). The minimum Gasteiger partial charge on any atom is -0.324 e. The average Bonchev–Trinajstić information content (AvgIpc) is 2.69. The van der Waals surface area contributed by atoms with Crippen LogP contribution in [0.4, 0.5) is 5.69 Å². The summed E-state index contributed by atoms with van der Waals surface area (Å²) in [5.74, 6) is 0.417. The number of carbonyl (C=O) groups is 1. The SMILES string of the molecule is CCc1cc(=O)n(CC(=O)Nc2ccccc2C(C)C)c(-c2cccc(Cl)c2)n1. The summed E-state index contributed by atoms with van der Waals surface area (Å²) in [6.45, 7) is 5.94. The van der Waals surface area contributed by atoms with E-state index in [1.54, 1.807) is 18.2 Å². The fraction of sp³-hybridized carbons (Fsp3) is 0.261. The van der Waals surface area contributed by atoms with Crippen LogP contribution in [0.2, 0.25) is 5.02 Å². The van der Waals surface area contributed by atoms with E-state index in [0.29, 0.717) is 28.5 Å². The van der Waals surface area contributed by atoms with Gasteiger partial charge in [0.2, 0.25) is 5.91 Å². The third-order valence-corrected chi connectivity index (χ3v) is 4.90. The average molecular weight is 410 g/mol. The normalized spacial score (nSPS) is 10.9. The van der Waals surface area contributed by atoms with Gasteiger partial charge in [-0.2, -0.15) is 0 Å². The zero-order valence-electron chi connectivity index (χ0n) is 16.8. The molecule has 0 aliphatic rings. The van der Waals surface area contributed by atoms with E-state index in [-0.39, 0.29) is 23.9 Å². The molecule has 0 fully saturated rings. The van der Waals surface area contributed by atoms with Gasteiger partial charge in [0, 0.05) is 28.0 Å². The Balaban J connectivity index is 1.97. The van der Waals surface area contributed by atoms with Crippen molar-refractivity contribution < 1.29 is 4.79 Å². The summed E-state index contributed by atoms with van der Waals surface area (Å²) in [4.78, 5) is 30.1. The molecular formula is C23H24ClN3O2. The third-order valence-electron chi connectivity index (χ3n) is 4.66. The molecule has 5 nitrogen and oxygen atoms in total. The fourth-order valence-corrected chi connectivity index (χ4v) is 3.37. The molecule has 0 unspecified atom stereocenters. The summed E-state index contributed by atoms with van der Waals surface area (Å²) >= 11 is 6.13. The lowest BCUT2D eigenvalue weighted by Gasteiger charge is -2.16. The Morgan fingerprint density at radius 2 is 1.90 bits per heavy atom. The number of hydrogen-bond donors (Lipinski definition) is 1. The summed E-state index contributed by atoms with van der Waals surface area (Å²) in [7, 11) is 0. The van der Waals surface area contributed by atoms with Crippen molar-refractivity contribution in [2.75, 3.05) is 5.32 Å². The van der Waals surface area contributed by atoms with Gasteiger partial charge in [-0.15, -0.1) is 0 Å². The van der Waals surface area contributed by atoms with E-state index in [1.807, 2.05) is 37.3 Å². The number of aryl methyl sites for hydroxylation is 1. The molecule has 3 rings (SSSR count). The molecule has 1 N–H and O–H groups in total. The van der Waals surface area contributed by atoms with Gasteiger partial charge < -0.3 is 5.32 Å². The number of nitrogens with one attached hydrogen (secondary N) is 1. The number of benzene rings is 2. The van der Waals surface area contributed by atoms with Crippen LogP contribution in [0, 0.1) is 0 Å². The van der Waals surface area contributed by atoms with Gasteiger partial charge in [0.1, 0.15) is 12.4 Å². The highest BCUT2D eigenvalue weighted by Gasteiger charge is 2.15. The second-order valence-corrected chi connectivity index (χ2v) is 7.59. The maximum Gasteiger partial charge on any atom is 0.254 e. The lowest BCUT2D eigenvalue weighted by molar-refractivity contribution is -0.116. The van der Waals surface area contributed by atoms with Crippen molar-refractivity contribution in [1.29, 1.82) is 0 Å². The quantitative estimate of drug-likeness (QED) is 0.630. The number of para-hydroxylation sites is 1. The minimum atomic E-state index is -0.283. The van der Waals surface area contributed by atoms with E-state index >= 15 is 0 Å². The lowest BCUT2D eigenvalue weighted by Crippen LogP contribution is -2.30. The molecule has 1 aromatic heterocycles. The highest BCUT2D eigenvalue weighted by molar-refractivity contribution is 6.30. The summed E-state index contributed by atoms with van der Waals surface area (Å²) in [6, 6.07) is 16.3. The van der Waals surface area contributed by atoms with Gasteiger partial charge in [0.15, 0.2) is 0 Å². The van der Waals surface area contributed by atoms with Gasteiger partial charge in [0.25, 0.3) is 5.56 Å². The smallest absolute Gasteiger partial charge is 0.254 e. The highest BCUT2D eigenvalue weighted by Crippen LogP contribution is 2.24. The van der Waals surface area contributed by atoms with Gasteiger partial charge in [-0.25, -0.2) is 4.98 Å². The molecule has 0 aliphatic heterocycles. The van der Waals surface area contributed by atoms with Crippen LogP contribution in [-0.2, 0) is 17.8 Å². The maximum atomic E-state index is 12.8. The number of rotatable bonds is 6. The van der Waals surface area contributed by atoms with E-state index in [2.05, 4.69) is 24.1 Å². The van der Waals surface area contributed by atoms with Crippen LogP contribution in [0.3, 0.4) is 0 Å². The molecule has 150 valence electrons. The topological polar surface area (TPSA) is 64.0 Å². The number of carbonyl (C=O) groups excluding carboxylic acids is 1. The van der Waals surface area contributed by atoms with Crippen LogP contribution in [-0.4, -0.2) is 15.5 Å².